The van der Waals surface area contributed by atoms with E-state index in [9.17, 15) is 0 Å². The van der Waals surface area contributed by atoms with Crippen LogP contribution in [0.25, 0.3) is 0 Å². The first-order valence-electron chi connectivity index (χ1n) is 4.96. The molecule has 0 spiro atoms. The molecule has 2 N–H and O–H groups in total. The Morgan fingerprint density at radius 2 is 1.53 bits per heavy atom. The number of nitrogens with two attached hydrogens (primary N) is 1. The molecule has 0 unspecified atom stereocenters. The van der Waals surface area contributed by atoms with Crippen LogP contribution in [-0.2, 0) is 0 Å². The van der Waals surface area contributed by atoms with Crippen LogP contribution in [0.3, 0.4) is 0 Å². The predicted molar refractivity (Wildman–Crippen MR) is 75.4 cm³/mol. The Morgan fingerprint density at radius 1 is 1.07 bits per heavy atom. The quantitative estimate of drug-likeness (QED) is 0.632. The van der Waals surface area contributed by atoms with Crippen molar-refractivity contribution in [3.8, 4) is 0 Å². The molecule has 4 heteroatoms. The maximum absolute atomic E-state index is 6.13. The molecule has 0 amide bonds. The minimum atomic E-state index is 0.950. The minimum Gasteiger partial charge on any atom is -0.397 e. The lowest BCUT2D eigenvalue weighted by Gasteiger charge is -2.11. The molecule has 1 nitrogen and oxygen atoms in total. The second kappa shape index (κ2) is 6.61. The largest absolute Gasteiger partial charge is 0.397 e. The number of rotatable bonds is 5. The molecule has 15 heavy (non-hydrogen) atoms. The molecule has 0 radical (unpaired) electrons. The van der Waals surface area contributed by atoms with Crippen LogP contribution in [0.5, 0.6) is 0 Å². The first-order valence-corrected chi connectivity index (χ1v) is 8.15. The molecule has 0 aliphatic heterocycles. The molecule has 1 aromatic rings. The van der Waals surface area contributed by atoms with Gasteiger partial charge in [-0.2, -0.15) is 0 Å². The number of hydrogen-bond donors (Lipinski definition) is 1. The van der Waals surface area contributed by atoms with E-state index < -0.39 is 0 Å². The average Bonchev–Trinajstić information content (AvgIpc) is 2.24. The van der Waals surface area contributed by atoms with Crippen molar-refractivity contribution in [2.24, 2.45) is 0 Å². The number of anilines is 1. The summed E-state index contributed by atoms with van der Waals surface area (Å²) in [5.74, 6) is 2.14. The fourth-order valence-electron chi connectivity index (χ4n) is 1.24. The zero-order chi connectivity index (χ0) is 11.3. The summed E-state index contributed by atoms with van der Waals surface area (Å²) in [4.78, 5) is 3.75. The SMILES string of the molecule is CCSc1cc(SC)cc(SCC)c1N. The molecular formula is C11H17NS3. The van der Waals surface area contributed by atoms with Gasteiger partial charge < -0.3 is 5.73 Å². The highest BCUT2D eigenvalue weighted by Crippen LogP contribution is 2.37. The van der Waals surface area contributed by atoms with Crippen molar-refractivity contribution in [2.45, 2.75) is 28.5 Å². The molecule has 0 heterocycles. The van der Waals surface area contributed by atoms with Gasteiger partial charge in [-0.3, -0.25) is 0 Å². The smallest absolute Gasteiger partial charge is 0.0591 e. The molecular weight excluding hydrogens is 242 g/mol. The van der Waals surface area contributed by atoms with Crippen LogP contribution >= 0.6 is 35.3 Å². The van der Waals surface area contributed by atoms with Crippen LogP contribution in [0.15, 0.2) is 26.8 Å². The predicted octanol–water partition coefficient (Wildman–Crippen LogP) is 4.21. The highest BCUT2D eigenvalue weighted by atomic mass is 32.2. The summed E-state index contributed by atoms with van der Waals surface area (Å²) in [5, 5.41) is 0. The zero-order valence-corrected chi connectivity index (χ0v) is 11.8. The third kappa shape index (κ3) is 3.54. The standard InChI is InChI=1S/C11H17NS3/c1-4-14-9-6-8(13-3)7-10(11(9)12)15-5-2/h6-7H,4-5,12H2,1-3H3. The van der Waals surface area contributed by atoms with E-state index in [-0.39, 0.29) is 0 Å². The van der Waals surface area contributed by atoms with Crippen LogP contribution in [-0.4, -0.2) is 17.8 Å². The van der Waals surface area contributed by atoms with Gasteiger partial charge in [0, 0.05) is 14.7 Å². The van der Waals surface area contributed by atoms with Gasteiger partial charge >= 0.3 is 0 Å². The summed E-state index contributed by atoms with van der Waals surface area (Å²) >= 11 is 5.41. The molecule has 0 aromatic heterocycles. The fraction of sp³-hybridized carbons (Fsp3) is 0.455. The second-order valence-corrected chi connectivity index (χ2v) is 6.39. The van der Waals surface area contributed by atoms with Gasteiger partial charge in [0.15, 0.2) is 0 Å². The third-order valence-corrected chi connectivity index (χ3v) is 4.49. The lowest BCUT2D eigenvalue weighted by atomic mass is 10.3. The van der Waals surface area contributed by atoms with Crippen LogP contribution in [0.4, 0.5) is 5.69 Å². The van der Waals surface area contributed by atoms with Crippen molar-refractivity contribution < 1.29 is 0 Å². The lowest BCUT2D eigenvalue weighted by Crippen LogP contribution is -1.93. The number of hydrogen-bond acceptors (Lipinski definition) is 4. The number of benzene rings is 1. The van der Waals surface area contributed by atoms with Gasteiger partial charge in [0.25, 0.3) is 0 Å². The van der Waals surface area contributed by atoms with Crippen LogP contribution in [0, 0.1) is 0 Å². The van der Waals surface area contributed by atoms with Crippen molar-refractivity contribution >= 4 is 41.0 Å². The summed E-state index contributed by atoms with van der Waals surface area (Å²) in [7, 11) is 0. The van der Waals surface area contributed by atoms with Crippen LogP contribution < -0.4 is 5.73 Å². The van der Waals surface area contributed by atoms with Crippen molar-refractivity contribution in [3.63, 3.8) is 0 Å². The Bertz CT molecular complexity index is 299. The molecule has 0 saturated heterocycles. The summed E-state index contributed by atoms with van der Waals surface area (Å²) in [6, 6.07) is 4.38. The van der Waals surface area contributed by atoms with E-state index in [1.807, 2.05) is 23.5 Å². The molecule has 0 aliphatic carbocycles. The van der Waals surface area contributed by atoms with E-state index in [1.54, 1.807) is 11.8 Å². The highest BCUT2D eigenvalue weighted by Gasteiger charge is 2.07. The molecule has 0 fully saturated rings. The molecule has 0 atom stereocenters. The third-order valence-electron chi connectivity index (χ3n) is 1.91. The minimum absolute atomic E-state index is 0.950. The van der Waals surface area contributed by atoms with Crippen LogP contribution in [0.1, 0.15) is 13.8 Å². The van der Waals surface area contributed by atoms with Gasteiger partial charge in [0.1, 0.15) is 0 Å². The van der Waals surface area contributed by atoms with Crippen molar-refractivity contribution in [1.82, 2.24) is 0 Å². The first-order chi connectivity index (χ1) is 7.22. The van der Waals surface area contributed by atoms with E-state index in [0.717, 1.165) is 17.2 Å². The maximum Gasteiger partial charge on any atom is 0.0591 e. The molecule has 0 bridgehead atoms. The maximum atomic E-state index is 6.13. The topological polar surface area (TPSA) is 26.0 Å². The summed E-state index contributed by atoms with van der Waals surface area (Å²) in [6.07, 6.45) is 2.10. The number of thioether (sulfide) groups is 3. The summed E-state index contributed by atoms with van der Waals surface area (Å²) in [6.45, 7) is 4.31. The lowest BCUT2D eigenvalue weighted by molar-refractivity contribution is 1.24. The Labute approximate surface area is 105 Å². The van der Waals surface area contributed by atoms with Gasteiger partial charge in [-0.05, 0) is 29.9 Å². The Hall–Kier alpha value is 0.0700. The molecule has 0 saturated carbocycles. The molecule has 1 aromatic carbocycles. The fourth-order valence-corrected chi connectivity index (χ4v) is 3.50. The van der Waals surface area contributed by atoms with E-state index in [0.29, 0.717) is 0 Å². The van der Waals surface area contributed by atoms with Gasteiger partial charge in [-0.25, -0.2) is 0 Å². The second-order valence-electron chi connectivity index (χ2n) is 2.90. The summed E-state index contributed by atoms with van der Waals surface area (Å²) < 4.78 is 0. The van der Waals surface area contributed by atoms with Crippen LogP contribution in [0.2, 0.25) is 0 Å². The van der Waals surface area contributed by atoms with E-state index >= 15 is 0 Å². The van der Waals surface area contributed by atoms with Crippen molar-refractivity contribution in [2.75, 3.05) is 23.5 Å². The molecule has 0 aliphatic rings. The highest BCUT2D eigenvalue weighted by molar-refractivity contribution is 8.00. The van der Waals surface area contributed by atoms with Gasteiger partial charge in [0.05, 0.1) is 5.69 Å². The zero-order valence-electron chi connectivity index (χ0n) is 9.37. The van der Waals surface area contributed by atoms with E-state index in [1.165, 1.54) is 14.7 Å². The monoisotopic (exact) mass is 259 g/mol. The summed E-state index contributed by atoms with van der Waals surface area (Å²) in [5.41, 5.74) is 7.08. The molecule has 84 valence electrons. The normalized spacial score (nSPS) is 10.6. The average molecular weight is 259 g/mol. The Morgan fingerprint density at radius 3 is 1.87 bits per heavy atom. The molecule has 1 rings (SSSR count). The Kier molecular flexibility index (Phi) is 5.79. The van der Waals surface area contributed by atoms with Gasteiger partial charge in [-0.15, -0.1) is 35.3 Å². The van der Waals surface area contributed by atoms with E-state index in [2.05, 4.69) is 32.2 Å². The van der Waals surface area contributed by atoms with Crippen molar-refractivity contribution in [1.29, 1.82) is 0 Å². The van der Waals surface area contributed by atoms with Crippen molar-refractivity contribution in [3.05, 3.63) is 12.1 Å². The van der Waals surface area contributed by atoms with Gasteiger partial charge in [0.2, 0.25) is 0 Å². The Balaban J connectivity index is 3.08. The van der Waals surface area contributed by atoms with Gasteiger partial charge in [-0.1, -0.05) is 13.8 Å². The number of nitrogen functional groups attached to an aromatic ring is 1. The van der Waals surface area contributed by atoms with E-state index in [4.69, 9.17) is 5.73 Å². The first kappa shape index (κ1) is 13.1.